The van der Waals surface area contributed by atoms with Crippen molar-refractivity contribution in [3.05, 3.63) is 107 Å². The van der Waals surface area contributed by atoms with Gasteiger partial charge in [-0.25, -0.2) is 8.78 Å². The van der Waals surface area contributed by atoms with Gasteiger partial charge in [-0.1, -0.05) is 73.7 Å². The molecule has 0 aliphatic carbocycles. The molecule has 0 amide bonds. The zero-order valence-corrected chi connectivity index (χ0v) is 17.4. The zero-order chi connectivity index (χ0) is 22.9. The van der Waals surface area contributed by atoms with Crippen molar-refractivity contribution < 1.29 is 22.0 Å². The van der Waals surface area contributed by atoms with E-state index < -0.39 is 23.4 Å². The fourth-order valence-electron chi connectivity index (χ4n) is 4.11. The highest BCUT2D eigenvalue weighted by Gasteiger charge is 2.37. The summed E-state index contributed by atoms with van der Waals surface area (Å²) < 4.78 is 66.3. The normalized spacial score (nSPS) is 12.8. The van der Waals surface area contributed by atoms with Crippen LogP contribution in [-0.2, 0) is 12.6 Å². The molecule has 0 aromatic heterocycles. The van der Waals surface area contributed by atoms with Gasteiger partial charge >= 0.3 is 6.18 Å². The van der Waals surface area contributed by atoms with E-state index in [0.717, 1.165) is 30.5 Å². The molecule has 0 aliphatic rings. The van der Waals surface area contributed by atoms with Crippen molar-refractivity contribution in [3.8, 4) is 11.1 Å². The minimum atomic E-state index is -5.08. The first kappa shape index (κ1) is 22.0. The Balaban J connectivity index is 1.58. The molecule has 1 unspecified atom stereocenters. The molecule has 0 radical (unpaired) electrons. The largest absolute Gasteiger partial charge is 0.422 e. The molecule has 0 aliphatic heterocycles. The standard InChI is InChI=1S/C27H21F5/c1-2-18(13-17-7-8-19-5-3-4-6-22(19)14-17)20-9-11-21(12-10-20)23-15-24(28)26(25(29)16-23)27(30,31)32/h3-12,14-16,18H,2,13H2,1H3. The summed E-state index contributed by atoms with van der Waals surface area (Å²) in [5.74, 6) is -2.98. The Hall–Kier alpha value is -3.21. The monoisotopic (exact) mass is 440 g/mol. The maximum atomic E-state index is 13.9. The molecule has 0 fully saturated rings. The maximum absolute atomic E-state index is 13.9. The first-order chi connectivity index (χ1) is 15.3. The van der Waals surface area contributed by atoms with Gasteiger partial charge in [0.1, 0.15) is 17.2 Å². The number of alkyl halides is 3. The van der Waals surface area contributed by atoms with Crippen LogP contribution in [0.3, 0.4) is 0 Å². The molecule has 0 saturated carbocycles. The Bertz CT molecular complexity index is 1220. The van der Waals surface area contributed by atoms with E-state index in [1.807, 2.05) is 24.3 Å². The minimum Gasteiger partial charge on any atom is -0.206 e. The second kappa shape index (κ2) is 8.73. The molecule has 5 heteroatoms. The summed E-state index contributed by atoms with van der Waals surface area (Å²) in [4.78, 5) is 0. The van der Waals surface area contributed by atoms with Crippen LogP contribution in [0, 0.1) is 11.6 Å². The second-order valence-electron chi connectivity index (χ2n) is 7.93. The molecule has 0 saturated heterocycles. The molecule has 4 rings (SSSR count). The molecule has 0 nitrogen and oxygen atoms in total. The van der Waals surface area contributed by atoms with Crippen LogP contribution in [0.15, 0.2) is 78.9 Å². The van der Waals surface area contributed by atoms with Gasteiger partial charge in [-0.2, -0.15) is 13.2 Å². The van der Waals surface area contributed by atoms with Gasteiger partial charge in [-0.3, -0.25) is 0 Å². The third-order valence-electron chi connectivity index (χ3n) is 5.83. The second-order valence-corrected chi connectivity index (χ2v) is 7.93. The highest BCUT2D eigenvalue weighted by molar-refractivity contribution is 5.83. The van der Waals surface area contributed by atoms with Crippen LogP contribution in [0.1, 0.15) is 36.0 Å². The van der Waals surface area contributed by atoms with Crippen molar-refractivity contribution in [2.24, 2.45) is 0 Å². The summed E-state index contributed by atoms with van der Waals surface area (Å²) in [6.07, 6.45) is -3.34. The van der Waals surface area contributed by atoms with E-state index in [9.17, 15) is 22.0 Å². The van der Waals surface area contributed by atoms with Gasteiger partial charge in [0.2, 0.25) is 0 Å². The number of hydrogen-bond acceptors (Lipinski definition) is 0. The molecule has 4 aromatic carbocycles. The molecular weight excluding hydrogens is 419 g/mol. The summed E-state index contributed by atoms with van der Waals surface area (Å²) in [5.41, 5.74) is 0.950. The molecular formula is C27H21F5. The van der Waals surface area contributed by atoms with E-state index in [1.165, 1.54) is 16.3 Å². The fourth-order valence-corrected chi connectivity index (χ4v) is 4.11. The lowest BCUT2D eigenvalue weighted by atomic mass is 9.88. The predicted octanol–water partition coefficient (Wildman–Crippen LogP) is 8.54. The first-order valence-electron chi connectivity index (χ1n) is 10.4. The lowest BCUT2D eigenvalue weighted by Crippen LogP contribution is -2.11. The number of fused-ring (bicyclic) bond motifs is 1. The van der Waals surface area contributed by atoms with E-state index in [4.69, 9.17) is 0 Å². The fraction of sp³-hybridized carbons (Fsp3) is 0.185. The molecule has 164 valence electrons. The quantitative estimate of drug-likeness (QED) is 0.273. The summed E-state index contributed by atoms with van der Waals surface area (Å²) >= 11 is 0. The Morgan fingerprint density at radius 1 is 0.719 bits per heavy atom. The predicted molar refractivity (Wildman–Crippen MR) is 117 cm³/mol. The highest BCUT2D eigenvalue weighted by atomic mass is 19.4. The average molecular weight is 440 g/mol. The van der Waals surface area contributed by atoms with Crippen LogP contribution in [0.5, 0.6) is 0 Å². The van der Waals surface area contributed by atoms with E-state index >= 15 is 0 Å². The van der Waals surface area contributed by atoms with Crippen LogP contribution in [0.4, 0.5) is 22.0 Å². The number of benzene rings is 4. The van der Waals surface area contributed by atoms with Gasteiger partial charge in [0.05, 0.1) is 0 Å². The Morgan fingerprint density at radius 3 is 1.94 bits per heavy atom. The smallest absolute Gasteiger partial charge is 0.206 e. The molecule has 0 spiro atoms. The van der Waals surface area contributed by atoms with Gasteiger partial charge in [-0.15, -0.1) is 0 Å². The molecule has 0 heterocycles. The molecule has 0 bridgehead atoms. The summed E-state index contributed by atoms with van der Waals surface area (Å²) in [7, 11) is 0. The highest BCUT2D eigenvalue weighted by Crippen LogP contribution is 2.36. The minimum absolute atomic E-state index is 0.0714. The third kappa shape index (κ3) is 4.52. The first-order valence-corrected chi connectivity index (χ1v) is 10.4. The van der Waals surface area contributed by atoms with E-state index in [0.29, 0.717) is 5.56 Å². The summed E-state index contributed by atoms with van der Waals surface area (Å²) in [5, 5.41) is 2.37. The van der Waals surface area contributed by atoms with Gasteiger partial charge in [0.15, 0.2) is 0 Å². The van der Waals surface area contributed by atoms with Crippen molar-refractivity contribution in [2.75, 3.05) is 0 Å². The van der Waals surface area contributed by atoms with Crippen LogP contribution < -0.4 is 0 Å². The van der Waals surface area contributed by atoms with Crippen molar-refractivity contribution in [1.29, 1.82) is 0 Å². The Morgan fingerprint density at radius 2 is 1.34 bits per heavy atom. The van der Waals surface area contributed by atoms with Crippen molar-refractivity contribution >= 4 is 10.8 Å². The van der Waals surface area contributed by atoms with Crippen LogP contribution in [0.25, 0.3) is 21.9 Å². The van der Waals surface area contributed by atoms with Crippen LogP contribution in [-0.4, -0.2) is 0 Å². The molecule has 1 atom stereocenters. The lowest BCUT2D eigenvalue weighted by Gasteiger charge is -2.17. The number of rotatable bonds is 5. The van der Waals surface area contributed by atoms with Gasteiger partial charge in [-0.05, 0) is 63.9 Å². The molecule has 0 N–H and O–H groups in total. The zero-order valence-electron chi connectivity index (χ0n) is 17.4. The van der Waals surface area contributed by atoms with E-state index in [-0.39, 0.29) is 11.5 Å². The Labute approximate surface area is 183 Å². The number of hydrogen-bond donors (Lipinski definition) is 0. The maximum Gasteiger partial charge on any atom is 0.422 e. The molecule has 32 heavy (non-hydrogen) atoms. The van der Waals surface area contributed by atoms with Gasteiger partial charge < -0.3 is 0 Å². The topological polar surface area (TPSA) is 0 Å². The van der Waals surface area contributed by atoms with E-state index in [1.54, 1.807) is 12.1 Å². The summed E-state index contributed by atoms with van der Waals surface area (Å²) in [6, 6.07) is 23.2. The van der Waals surface area contributed by atoms with Gasteiger partial charge in [0.25, 0.3) is 0 Å². The average Bonchev–Trinajstić information content (AvgIpc) is 2.76. The Kier molecular flexibility index (Phi) is 6.00. The third-order valence-corrected chi connectivity index (χ3v) is 5.83. The van der Waals surface area contributed by atoms with Gasteiger partial charge in [0, 0.05) is 0 Å². The molecule has 4 aromatic rings. The summed E-state index contributed by atoms with van der Waals surface area (Å²) in [6.45, 7) is 2.10. The van der Waals surface area contributed by atoms with Crippen molar-refractivity contribution in [2.45, 2.75) is 31.9 Å². The van der Waals surface area contributed by atoms with E-state index in [2.05, 4.69) is 37.3 Å². The SMILES string of the molecule is CCC(Cc1ccc2ccccc2c1)c1ccc(-c2cc(F)c(C(F)(F)F)c(F)c2)cc1. The van der Waals surface area contributed by atoms with Crippen LogP contribution >= 0.6 is 0 Å². The van der Waals surface area contributed by atoms with Crippen molar-refractivity contribution in [1.82, 2.24) is 0 Å². The lowest BCUT2D eigenvalue weighted by molar-refractivity contribution is -0.142. The van der Waals surface area contributed by atoms with Crippen LogP contribution in [0.2, 0.25) is 0 Å². The van der Waals surface area contributed by atoms with Crippen molar-refractivity contribution in [3.63, 3.8) is 0 Å². The number of halogens is 5.